The number of anilines is 2. The van der Waals surface area contributed by atoms with Gasteiger partial charge in [-0.15, -0.1) is 0 Å². The van der Waals surface area contributed by atoms with Gasteiger partial charge in [0.1, 0.15) is 6.10 Å². The van der Waals surface area contributed by atoms with Gasteiger partial charge >= 0.3 is 6.03 Å². The number of para-hydroxylation sites is 1. The number of sulfonamides is 1. The molecule has 0 saturated carbocycles. The number of aliphatic hydroxyl groups is 1. The third-order valence-corrected chi connectivity index (χ3v) is 9.57. The fourth-order valence-electron chi connectivity index (χ4n) is 5.06. The van der Waals surface area contributed by atoms with Crippen molar-refractivity contribution in [1.82, 2.24) is 9.21 Å². The summed E-state index contributed by atoms with van der Waals surface area (Å²) in [5.74, 6) is 0.440. The van der Waals surface area contributed by atoms with Gasteiger partial charge in [-0.25, -0.2) is 13.2 Å². The smallest absolute Gasteiger partial charge is 0.323 e. The molecule has 3 amide bonds. The third-order valence-electron chi connectivity index (χ3n) is 7.74. The molecule has 13 heteroatoms. The van der Waals surface area contributed by atoms with Gasteiger partial charge in [0.15, 0.2) is 17.2 Å². The Labute approximate surface area is 256 Å². The van der Waals surface area contributed by atoms with Gasteiger partial charge in [0.2, 0.25) is 16.8 Å². The van der Waals surface area contributed by atoms with Gasteiger partial charge in [0, 0.05) is 31.3 Å². The molecule has 12 nitrogen and oxygen atoms in total. The van der Waals surface area contributed by atoms with E-state index < -0.39 is 28.2 Å². The fourth-order valence-corrected chi connectivity index (χ4v) is 6.24. The molecule has 0 unspecified atom stereocenters. The first kappa shape index (κ1) is 31.1. The van der Waals surface area contributed by atoms with Crippen LogP contribution in [0, 0.1) is 12.8 Å². The molecule has 234 valence electrons. The van der Waals surface area contributed by atoms with Crippen LogP contribution in [0.2, 0.25) is 0 Å². The summed E-state index contributed by atoms with van der Waals surface area (Å²) in [6, 6.07) is 15.2. The summed E-state index contributed by atoms with van der Waals surface area (Å²) in [6.07, 6.45) is -0.722. The predicted molar refractivity (Wildman–Crippen MR) is 164 cm³/mol. The van der Waals surface area contributed by atoms with E-state index in [0.717, 1.165) is 5.56 Å². The van der Waals surface area contributed by atoms with Crippen LogP contribution in [0.3, 0.4) is 0 Å². The molecule has 3 aromatic carbocycles. The number of urea groups is 1. The molecule has 2 aliphatic rings. The van der Waals surface area contributed by atoms with Gasteiger partial charge in [0.05, 0.1) is 35.3 Å². The van der Waals surface area contributed by atoms with Crippen molar-refractivity contribution in [2.45, 2.75) is 37.8 Å². The zero-order valence-electron chi connectivity index (χ0n) is 24.9. The molecule has 0 bridgehead atoms. The van der Waals surface area contributed by atoms with Crippen molar-refractivity contribution in [3.8, 4) is 17.2 Å². The number of ether oxygens (including phenoxy) is 3. The molecule has 0 radical (unpaired) electrons. The van der Waals surface area contributed by atoms with Crippen LogP contribution in [0.25, 0.3) is 0 Å². The number of fused-ring (bicyclic) bond motifs is 2. The number of benzene rings is 3. The molecule has 44 heavy (non-hydrogen) atoms. The van der Waals surface area contributed by atoms with Crippen molar-refractivity contribution >= 4 is 33.3 Å². The first-order valence-electron chi connectivity index (χ1n) is 14.2. The fraction of sp³-hybridized carbons (Fsp3) is 0.355. The standard InChI is InChI=1S/C31H36N4O8S/c1-19-8-11-23(12-9-19)44(39,40)34(4)16-28-20(2)15-35(21(3)17-36)30(37)24-6-5-7-25(29(24)43-28)33-31(38)32-22-10-13-26-27(14-22)42-18-41-26/h5-14,20-21,28,36H,15-18H2,1-4H3,(H2,32,33,38)/t20-,21-,28-/m1/s1. The van der Waals surface area contributed by atoms with E-state index in [1.165, 1.54) is 11.4 Å². The predicted octanol–water partition coefficient (Wildman–Crippen LogP) is 3.91. The molecule has 0 fully saturated rings. The summed E-state index contributed by atoms with van der Waals surface area (Å²) in [5, 5.41) is 15.4. The van der Waals surface area contributed by atoms with Crippen molar-refractivity contribution in [1.29, 1.82) is 0 Å². The number of carbonyl (C=O) groups is 2. The lowest BCUT2D eigenvalue weighted by atomic mass is 9.99. The highest BCUT2D eigenvalue weighted by Crippen LogP contribution is 2.36. The maximum atomic E-state index is 13.7. The molecule has 3 aromatic rings. The quantitative estimate of drug-likeness (QED) is 0.342. The van der Waals surface area contributed by atoms with Gasteiger partial charge < -0.3 is 34.9 Å². The Hall–Kier alpha value is -4.33. The molecule has 0 aliphatic carbocycles. The lowest BCUT2D eigenvalue weighted by Crippen LogP contribution is -2.50. The molecular formula is C31H36N4O8S. The monoisotopic (exact) mass is 624 g/mol. The Balaban J connectivity index is 1.45. The molecule has 5 rings (SSSR count). The number of rotatable bonds is 8. The normalized spacial score (nSPS) is 18.6. The van der Waals surface area contributed by atoms with Crippen LogP contribution < -0.4 is 24.8 Å². The highest BCUT2D eigenvalue weighted by molar-refractivity contribution is 7.89. The second-order valence-corrected chi connectivity index (χ2v) is 13.1. The Kier molecular flexibility index (Phi) is 9.00. The van der Waals surface area contributed by atoms with Crippen molar-refractivity contribution in [3.05, 3.63) is 71.8 Å². The largest absolute Gasteiger partial charge is 0.486 e. The molecule has 0 saturated heterocycles. The number of nitrogens with one attached hydrogen (secondary N) is 2. The van der Waals surface area contributed by atoms with Crippen molar-refractivity contribution < 1.29 is 37.3 Å². The van der Waals surface area contributed by atoms with Gasteiger partial charge in [-0.3, -0.25) is 4.79 Å². The van der Waals surface area contributed by atoms with Crippen LogP contribution in [-0.2, 0) is 10.0 Å². The Morgan fingerprint density at radius 3 is 2.55 bits per heavy atom. The summed E-state index contributed by atoms with van der Waals surface area (Å²) in [7, 11) is -2.38. The topological polar surface area (TPSA) is 147 Å². The summed E-state index contributed by atoms with van der Waals surface area (Å²) < 4.78 is 45.3. The number of amides is 3. The third kappa shape index (κ3) is 6.44. The second-order valence-electron chi connectivity index (χ2n) is 11.1. The van der Waals surface area contributed by atoms with E-state index in [2.05, 4.69) is 10.6 Å². The van der Waals surface area contributed by atoms with Gasteiger partial charge in [-0.1, -0.05) is 30.7 Å². The van der Waals surface area contributed by atoms with Crippen molar-refractivity contribution in [2.24, 2.45) is 5.92 Å². The number of likely N-dealkylation sites (N-methyl/N-ethyl adjacent to an activating group) is 1. The zero-order valence-corrected chi connectivity index (χ0v) is 25.8. The van der Waals surface area contributed by atoms with Crippen LogP contribution in [0.5, 0.6) is 17.2 Å². The number of aliphatic hydroxyl groups excluding tert-OH is 1. The zero-order chi connectivity index (χ0) is 31.6. The Bertz CT molecular complexity index is 1650. The first-order chi connectivity index (χ1) is 21.0. The number of hydrogen-bond acceptors (Lipinski definition) is 8. The molecule has 0 aromatic heterocycles. The highest BCUT2D eigenvalue weighted by atomic mass is 32.2. The van der Waals surface area contributed by atoms with E-state index in [9.17, 15) is 23.1 Å². The van der Waals surface area contributed by atoms with Crippen LogP contribution in [0.1, 0.15) is 29.8 Å². The number of hydrogen-bond donors (Lipinski definition) is 3. The van der Waals surface area contributed by atoms with E-state index in [4.69, 9.17) is 14.2 Å². The first-order valence-corrected chi connectivity index (χ1v) is 15.6. The lowest BCUT2D eigenvalue weighted by molar-refractivity contribution is 0.0389. The molecule has 2 aliphatic heterocycles. The Morgan fingerprint density at radius 1 is 1.09 bits per heavy atom. The molecule has 3 atom stereocenters. The van der Waals surface area contributed by atoms with E-state index in [-0.39, 0.29) is 60.2 Å². The SMILES string of the molecule is Cc1ccc(S(=O)(=O)N(C)C[C@H]2Oc3c(NC(=O)Nc4ccc5c(c4)OCO5)cccc3C(=O)N([C@H](C)CO)C[C@H]2C)cc1. The van der Waals surface area contributed by atoms with E-state index in [1.807, 2.05) is 13.8 Å². The van der Waals surface area contributed by atoms with Gasteiger partial charge in [-0.05, 0) is 50.2 Å². The summed E-state index contributed by atoms with van der Waals surface area (Å²) in [5.41, 5.74) is 1.78. The highest BCUT2D eigenvalue weighted by Gasteiger charge is 2.36. The van der Waals surface area contributed by atoms with E-state index in [1.54, 1.807) is 72.5 Å². The second kappa shape index (κ2) is 12.7. The summed E-state index contributed by atoms with van der Waals surface area (Å²) in [4.78, 5) is 28.5. The Morgan fingerprint density at radius 2 is 1.82 bits per heavy atom. The molecule has 3 N–H and O–H groups in total. The molecular weight excluding hydrogens is 588 g/mol. The van der Waals surface area contributed by atoms with E-state index >= 15 is 0 Å². The number of nitrogens with zero attached hydrogens (tertiary/aromatic N) is 2. The molecule has 0 spiro atoms. The summed E-state index contributed by atoms with van der Waals surface area (Å²) >= 11 is 0. The maximum Gasteiger partial charge on any atom is 0.323 e. The minimum atomic E-state index is -3.86. The number of aryl methyl sites for hydroxylation is 1. The average Bonchev–Trinajstić information content (AvgIpc) is 3.47. The maximum absolute atomic E-state index is 13.7. The minimum absolute atomic E-state index is 0.0376. The van der Waals surface area contributed by atoms with Gasteiger partial charge in [0.25, 0.3) is 5.91 Å². The summed E-state index contributed by atoms with van der Waals surface area (Å²) in [6.45, 7) is 5.47. The van der Waals surface area contributed by atoms with E-state index in [0.29, 0.717) is 17.2 Å². The van der Waals surface area contributed by atoms with Crippen LogP contribution in [0.15, 0.2) is 65.6 Å². The lowest BCUT2D eigenvalue weighted by Gasteiger charge is -2.38. The average molecular weight is 625 g/mol. The number of carbonyl (C=O) groups excluding carboxylic acids is 2. The van der Waals surface area contributed by atoms with Crippen LogP contribution in [-0.4, -0.2) is 80.4 Å². The van der Waals surface area contributed by atoms with Crippen molar-refractivity contribution in [3.63, 3.8) is 0 Å². The van der Waals surface area contributed by atoms with Gasteiger partial charge in [-0.2, -0.15) is 4.31 Å². The minimum Gasteiger partial charge on any atom is -0.486 e. The van der Waals surface area contributed by atoms with Crippen molar-refractivity contribution in [2.75, 3.05) is 44.2 Å². The molecule has 2 heterocycles. The van der Waals surface area contributed by atoms with Crippen LogP contribution >= 0.6 is 0 Å². The van der Waals surface area contributed by atoms with Crippen LogP contribution in [0.4, 0.5) is 16.2 Å².